The van der Waals surface area contributed by atoms with Gasteiger partial charge in [0.25, 0.3) is 0 Å². The molecule has 0 unspecified atom stereocenters. The van der Waals surface area contributed by atoms with E-state index in [2.05, 4.69) is 61.1 Å². The Balaban J connectivity index is 1.71. The molecule has 2 aromatic carbocycles. The van der Waals surface area contributed by atoms with E-state index in [1.54, 1.807) is 24.3 Å². The number of amides is 1. The predicted molar refractivity (Wildman–Crippen MR) is 137 cm³/mol. The van der Waals surface area contributed by atoms with E-state index in [0.717, 1.165) is 35.9 Å². The molecule has 0 saturated carbocycles. The number of nitrogens with one attached hydrogen (secondary N) is 1. The second kappa shape index (κ2) is 13.4. The summed E-state index contributed by atoms with van der Waals surface area (Å²) in [5.74, 6) is 0.353. The van der Waals surface area contributed by atoms with Crippen molar-refractivity contribution >= 4 is 33.5 Å². The minimum atomic E-state index is -0.330. The second-order valence-electron chi connectivity index (χ2n) is 9.17. The van der Waals surface area contributed by atoms with E-state index < -0.39 is 0 Å². The molecule has 0 aromatic heterocycles. The van der Waals surface area contributed by atoms with E-state index in [9.17, 15) is 9.59 Å². The molecule has 2 aromatic rings. The molecule has 0 heterocycles. The first-order valence-corrected chi connectivity index (χ1v) is 12.5. The highest BCUT2D eigenvalue weighted by molar-refractivity contribution is 9.10. The van der Waals surface area contributed by atoms with E-state index in [0.29, 0.717) is 37.3 Å². The summed E-state index contributed by atoms with van der Waals surface area (Å²) in [5.41, 5.74) is 2.44. The van der Waals surface area contributed by atoms with Gasteiger partial charge in [0.1, 0.15) is 5.75 Å². The lowest BCUT2D eigenvalue weighted by molar-refractivity contribution is -0.116. The van der Waals surface area contributed by atoms with Crippen LogP contribution in [0.4, 0.5) is 5.69 Å². The van der Waals surface area contributed by atoms with Gasteiger partial charge in [0.15, 0.2) is 0 Å². The third-order valence-electron chi connectivity index (χ3n) is 5.24. The fourth-order valence-corrected chi connectivity index (χ4v) is 3.68. The molecule has 0 aliphatic rings. The van der Waals surface area contributed by atoms with Gasteiger partial charge >= 0.3 is 5.97 Å². The van der Waals surface area contributed by atoms with Gasteiger partial charge in [-0.05, 0) is 76.1 Å². The van der Waals surface area contributed by atoms with E-state index in [-0.39, 0.29) is 17.3 Å². The summed E-state index contributed by atoms with van der Waals surface area (Å²) >= 11 is 3.57. The number of anilines is 1. The van der Waals surface area contributed by atoms with Gasteiger partial charge in [-0.3, -0.25) is 4.79 Å². The lowest BCUT2D eigenvalue weighted by Gasteiger charge is -2.20. The molecule has 1 amide bonds. The molecule has 0 saturated heterocycles. The highest BCUT2D eigenvalue weighted by atomic mass is 79.9. The molecule has 0 fully saturated rings. The van der Waals surface area contributed by atoms with Crippen LogP contribution in [-0.2, 0) is 14.9 Å². The van der Waals surface area contributed by atoms with Crippen LogP contribution in [0, 0.1) is 0 Å². The van der Waals surface area contributed by atoms with E-state index in [1.807, 2.05) is 6.07 Å². The van der Waals surface area contributed by atoms with Crippen LogP contribution in [0.2, 0.25) is 0 Å². The largest absolute Gasteiger partial charge is 0.492 e. The summed E-state index contributed by atoms with van der Waals surface area (Å²) in [5, 5.41) is 2.85. The molecule has 6 heteroatoms. The van der Waals surface area contributed by atoms with Crippen molar-refractivity contribution in [3.63, 3.8) is 0 Å². The van der Waals surface area contributed by atoms with Crippen LogP contribution in [0.1, 0.15) is 82.1 Å². The van der Waals surface area contributed by atoms with Crippen LogP contribution >= 0.6 is 15.9 Å². The number of rotatable bonds is 12. The average Bonchev–Trinajstić information content (AvgIpc) is 2.77. The Hall–Kier alpha value is -2.34. The first kappa shape index (κ1) is 26.9. The number of esters is 1. The van der Waals surface area contributed by atoms with Gasteiger partial charge in [0.2, 0.25) is 5.91 Å². The van der Waals surface area contributed by atoms with E-state index in [1.165, 1.54) is 5.56 Å². The summed E-state index contributed by atoms with van der Waals surface area (Å²) < 4.78 is 12.0. The zero-order valence-electron chi connectivity index (χ0n) is 20.2. The van der Waals surface area contributed by atoms with Gasteiger partial charge in [-0.15, -0.1) is 0 Å². The van der Waals surface area contributed by atoms with Crippen molar-refractivity contribution in [2.75, 3.05) is 18.5 Å². The maximum absolute atomic E-state index is 12.2. The Labute approximate surface area is 206 Å². The molecule has 33 heavy (non-hydrogen) atoms. The molecular weight excluding hydrogens is 482 g/mol. The normalized spacial score (nSPS) is 11.2. The van der Waals surface area contributed by atoms with Crippen molar-refractivity contribution in [1.82, 2.24) is 0 Å². The van der Waals surface area contributed by atoms with Crippen LogP contribution in [0.15, 0.2) is 46.9 Å². The van der Waals surface area contributed by atoms with Gasteiger partial charge in [-0.1, -0.05) is 53.0 Å². The Kier molecular flexibility index (Phi) is 10.9. The molecule has 5 nitrogen and oxygen atoms in total. The number of unbranched alkanes of at least 4 members (excludes halogenated alkanes) is 3. The molecule has 0 aliphatic heterocycles. The summed E-state index contributed by atoms with van der Waals surface area (Å²) in [7, 11) is 0. The summed E-state index contributed by atoms with van der Waals surface area (Å²) in [4.78, 5) is 24.3. The maximum Gasteiger partial charge on any atom is 0.338 e. The minimum absolute atomic E-state index is 0.0753. The number of carbonyl (C=O) groups is 2. The highest BCUT2D eigenvalue weighted by Gasteiger charge is 2.15. The van der Waals surface area contributed by atoms with Crippen molar-refractivity contribution < 1.29 is 19.1 Å². The Morgan fingerprint density at radius 1 is 0.939 bits per heavy atom. The number of carbonyl (C=O) groups excluding carboxylic acids is 2. The maximum atomic E-state index is 12.2. The molecule has 0 spiro atoms. The van der Waals surface area contributed by atoms with Crippen LogP contribution in [0.3, 0.4) is 0 Å². The summed E-state index contributed by atoms with van der Waals surface area (Å²) in [6, 6.07) is 12.9. The third-order valence-corrected chi connectivity index (χ3v) is 5.86. The Morgan fingerprint density at radius 2 is 1.67 bits per heavy atom. The molecule has 180 valence electrons. The second-order valence-corrected chi connectivity index (χ2v) is 10.0. The molecule has 1 N–H and O–H groups in total. The summed E-state index contributed by atoms with van der Waals surface area (Å²) in [6.45, 7) is 9.54. The van der Waals surface area contributed by atoms with Gasteiger partial charge in [0.05, 0.1) is 23.2 Å². The first-order chi connectivity index (χ1) is 15.7. The van der Waals surface area contributed by atoms with Gasteiger partial charge < -0.3 is 14.8 Å². The van der Waals surface area contributed by atoms with Gasteiger partial charge in [-0.25, -0.2) is 4.79 Å². The number of hydrogen-bond donors (Lipinski definition) is 1. The molecule has 0 aliphatic carbocycles. The zero-order chi connectivity index (χ0) is 24.3. The Morgan fingerprint density at radius 3 is 2.30 bits per heavy atom. The van der Waals surface area contributed by atoms with Crippen molar-refractivity contribution in [2.45, 2.75) is 71.6 Å². The lowest BCUT2D eigenvalue weighted by atomic mass is 9.87. The van der Waals surface area contributed by atoms with E-state index >= 15 is 0 Å². The van der Waals surface area contributed by atoms with Crippen LogP contribution < -0.4 is 10.1 Å². The SMILES string of the molecule is CCCCCCOC(=O)c1ccc(NC(=O)CCCOc2ccc(C(C)(C)C)cc2Br)cc1. The summed E-state index contributed by atoms with van der Waals surface area (Å²) in [6.07, 6.45) is 5.20. The standard InChI is InChI=1S/C27H36BrNO4/c1-5-6-7-8-17-33-26(31)20-11-14-22(15-12-20)29-25(30)10-9-18-32-24-16-13-21(19-23(24)28)27(2,3)4/h11-16,19H,5-10,17-18H2,1-4H3,(H,29,30). The number of benzene rings is 2. The Bertz CT molecular complexity index is 903. The lowest BCUT2D eigenvalue weighted by Crippen LogP contribution is -2.13. The molecule has 0 atom stereocenters. The third kappa shape index (κ3) is 9.58. The molecule has 2 rings (SSSR count). The van der Waals surface area contributed by atoms with Crippen LogP contribution in [0.5, 0.6) is 5.75 Å². The smallest absolute Gasteiger partial charge is 0.338 e. The fraction of sp³-hybridized carbons (Fsp3) is 0.481. The van der Waals surface area contributed by atoms with Gasteiger partial charge in [0, 0.05) is 12.1 Å². The number of halogens is 1. The topological polar surface area (TPSA) is 64.6 Å². The van der Waals surface area contributed by atoms with Crippen molar-refractivity contribution in [3.05, 3.63) is 58.1 Å². The van der Waals surface area contributed by atoms with Crippen molar-refractivity contribution in [1.29, 1.82) is 0 Å². The zero-order valence-corrected chi connectivity index (χ0v) is 21.8. The molecule has 0 radical (unpaired) electrons. The molecular formula is C27H36BrNO4. The van der Waals surface area contributed by atoms with Crippen LogP contribution in [-0.4, -0.2) is 25.1 Å². The first-order valence-electron chi connectivity index (χ1n) is 11.7. The fourth-order valence-electron chi connectivity index (χ4n) is 3.19. The predicted octanol–water partition coefficient (Wildman–Crippen LogP) is 7.28. The minimum Gasteiger partial charge on any atom is -0.492 e. The monoisotopic (exact) mass is 517 g/mol. The number of hydrogen-bond acceptors (Lipinski definition) is 4. The quantitative estimate of drug-likeness (QED) is 0.237. The average molecular weight is 518 g/mol. The van der Waals surface area contributed by atoms with E-state index in [4.69, 9.17) is 9.47 Å². The highest BCUT2D eigenvalue weighted by Crippen LogP contribution is 2.31. The van der Waals surface area contributed by atoms with Crippen molar-refractivity contribution in [3.8, 4) is 5.75 Å². The van der Waals surface area contributed by atoms with Gasteiger partial charge in [-0.2, -0.15) is 0 Å². The van der Waals surface area contributed by atoms with Crippen LogP contribution in [0.25, 0.3) is 0 Å². The molecule has 0 bridgehead atoms. The van der Waals surface area contributed by atoms with Crippen molar-refractivity contribution in [2.24, 2.45) is 0 Å². The number of ether oxygens (including phenoxy) is 2.